The molecule has 0 spiro atoms. The van der Waals surface area contributed by atoms with Crippen LogP contribution in [0, 0.1) is 0 Å². The zero-order chi connectivity index (χ0) is 30.1. The van der Waals surface area contributed by atoms with Crippen LogP contribution in [-0.2, 0) is 28.4 Å². The first-order valence-electron chi connectivity index (χ1n) is 9.10. The zero-order valence-electron chi connectivity index (χ0n) is 18.1. The average molecular weight is 661 g/mol. The molecule has 0 radical (unpaired) electrons. The molecule has 0 saturated carbocycles. The van der Waals surface area contributed by atoms with E-state index >= 15 is 0 Å². The topological polar surface area (TPSA) is 305 Å². The SMILES string of the molecule is O=C(Cl)c1ccc(C(=O)Cl)cc1.O=P(O)(O)C(O)(c1ccc(C(O)(P(=O)(O)O)P(=O)(O)O)cc1)P(=O)(O)O. The van der Waals surface area contributed by atoms with Crippen LogP contribution >= 0.6 is 53.6 Å². The van der Waals surface area contributed by atoms with E-state index in [2.05, 4.69) is 0 Å². The summed E-state index contributed by atoms with van der Waals surface area (Å²) in [5.74, 6) is 0. The molecule has 0 aliphatic carbocycles. The minimum Gasteiger partial charge on any atom is -0.364 e. The molecule has 0 fully saturated rings. The Kier molecular flexibility index (Phi) is 10.8. The fourth-order valence-electron chi connectivity index (χ4n) is 2.66. The summed E-state index contributed by atoms with van der Waals surface area (Å²) in [7, 11) is -23.7. The van der Waals surface area contributed by atoms with Gasteiger partial charge in [0.05, 0.1) is 0 Å². The number of carbonyl (C=O) groups is 2. The first kappa shape index (κ1) is 34.9. The fourth-order valence-corrected chi connectivity index (χ4v) is 7.57. The second-order valence-electron chi connectivity index (χ2n) is 7.15. The van der Waals surface area contributed by atoms with E-state index in [-0.39, 0.29) is 0 Å². The van der Waals surface area contributed by atoms with E-state index in [1.54, 1.807) is 0 Å². The number of hydrogen-bond donors (Lipinski definition) is 10. The van der Waals surface area contributed by atoms with Crippen LogP contribution in [0.1, 0.15) is 31.8 Å². The van der Waals surface area contributed by atoms with Crippen molar-refractivity contribution in [2.24, 2.45) is 0 Å². The Hall–Kier alpha value is -1.12. The molecule has 0 heterocycles. The van der Waals surface area contributed by atoms with Crippen molar-refractivity contribution >= 4 is 64.1 Å². The summed E-state index contributed by atoms with van der Waals surface area (Å²) in [5.41, 5.74) is -1.58. The molecule has 10 N–H and O–H groups in total. The van der Waals surface area contributed by atoms with Gasteiger partial charge in [0.25, 0.3) is 20.7 Å². The predicted molar refractivity (Wildman–Crippen MR) is 129 cm³/mol. The lowest BCUT2D eigenvalue weighted by molar-refractivity contribution is 0.107. The highest BCUT2D eigenvalue weighted by molar-refractivity contribution is 7.71. The molecule has 0 atom stereocenters. The van der Waals surface area contributed by atoms with Crippen molar-refractivity contribution in [3.8, 4) is 0 Å². The molecule has 212 valence electrons. The summed E-state index contributed by atoms with van der Waals surface area (Å²) in [6, 6.07) is 7.09. The minimum absolute atomic E-state index is 0.323. The van der Waals surface area contributed by atoms with Crippen LogP contribution < -0.4 is 0 Å². The molecule has 0 aliphatic heterocycles. The lowest BCUT2D eigenvalue weighted by Crippen LogP contribution is -2.28. The minimum atomic E-state index is -5.93. The molecule has 16 nitrogen and oxygen atoms in total. The third kappa shape index (κ3) is 7.14. The highest BCUT2D eigenvalue weighted by Crippen LogP contribution is 2.74. The van der Waals surface area contributed by atoms with Crippen molar-refractivity contribution in [1.82, 2.24) is 0 Å². The summed E-state index contributed by atoms with van der Waals surface area (Å²) < 4.78 is 45.4. The van der Waals surface area contributed by atoms with Crippen LogP contribution in [0.25, 0.3) is 0 Å². The van der Waals surface area contributed by atoms with Gasteiger partial charge in [-0.25, -0.2) is 0 Å². The largest absolute Gasteiger partial charge is 0.374 e. The third-order valence-corrected chi connectivity index (χ3v) is 12.5. The molecule has 38 heavy (non-hydrogen) atoms. The quantitative estimate of drug-likeness (QED) is 0.140. The van der Waals surface area contributed by atoms with E-state index in [0.717, 1.165) is 0 Å². The molecule has 0 saturated heterocycles. The number of rotatable bonds is 8. The first-order chi connectivity index (χ1) is 16.8. The molecule has 0 unspecified atom stereocenters. The van der Waals surface area contributed by atoms with Crippen molar-refractivity contribution in [1.29, 1.82) is 0 Å². The Morgan fingerprint density at radius 3 is 0.816 bits per heavy atom. The van der Waals surface area contributed by atoms with E-state index in [9.17, 15) is 38.1 Å². The molecule has 2 aromatic rings. The van der Waals surface area contributed by atoms with Crippen LogP contribution in [0.5, 0.6) is 0 Å². The molecular formula is C16H18Cl2O16P4. The van der Waals surface area contributed by atoms with Gasteiger partial charge in [0, 0.05) is 22.3 Å². The lowest BCUT2D eigenvalue weighted by atomic mass is 10.1. The van der Waals surface area contributed by atoms with Crippen molar-refractivity contribution in [3.63, 3.8) is 0 Å². The number of halogens is 2. The highest BCUT2D eigenvalue weighted by Gasteiger charge is 2.63. The maximum atomic E-state index is 11.4. The molecular weight excluding hydrogens is 643 g/mol. The van der Waals surface area contributed by atoms with Crippen molar-refractivity contribution < 1.29 is 77.2 Å². The smallest absolute Gasteiger partial charge is 0.364 e. The van der Waals surface area contributed by atoms with E-state index in [1.807, 2.05) is 0 Å². The summed E-state index contributed by atoms with van der Waals surface area (Å²) in [6.45, 7) is 0. The maximum absolute atomic E-state index is 11.4. The molecule has 2 aromatic carbocycles. The number of aliphatic hydroxyl groups is 2. The predicted octanol–water partition coefficient (Wildman–Crippen LogP) is 1.05. The Morgan fingerprint density at radius 2 is 0.684 bits per heavy atom. The van der Waals surface area contributed by atoms with Gasteiger partial charge in [0.15, 0.2) is 0 Å². The Morgan fingerprint density at radius 1 is 0.500 bits per heavy atom. The van der Waals surface area contributed by atoms with Crippen LogP contribution in [0.3, 0.4) is 0 Å². The second-order valence-corrected chi connectivity index (χ2v) is 15.5. The Labute approximate surface area is 222 Å². The number of carbonyl (C=O) groups excluding carboxylic acids is 2. The molecule has 22 heteroatoms. The number of benzene rings is 2. The van der Waals surface area contributed by atoms with Gasteiger partial charge in [-0.3, -0.25) is 27.8 Å². The first-order valence-corrected chi connectivity index (χ1v) is 16.3. The van der Waals surface area contributed by atoms with E-state index < -0.39 is 62.2 Å². The number of hydrogen-bond acceptors (Lipinski definition) is 8. The van der Waals surface area contributed by atoms with Crippen molar-refractivity contribution in [2.75, 3.05) is 0 Å². The van der Waals surface area contributed by atoms with Gasteiger partial charge in [-0.15, -0.1) is 0 Å². The maximum Gasteiger partial charge on any atom is 0.374 e. The van der Waals surface area contributed by atoms with Gasteiger partial charge in [-0.1, -0.05) is 24.3 Å². The van der Waals surface area contributed by atoms with Crippen molar-refractivity contribution in [2.45, 2.75) is 10.2 Å². The van der Waals surface area contributed by atoms with Crippen LogP contribution in [0.2, 0.25) is 0 Å². The molecule has 0 amide bonds. The summed E-state index contributed by atoms with van der Waals surface area (Å²) >= 11 is 10.4. The lowest BCUT2D eigenvalue weighted by Gasteiger charge is -2.31. The van der Waals surface area contributed by atoms with Crippen LogP contribution in [-0.4, -0.2) is 59.8 Å². The monoisotopic (exact) mass is 660 g/mol. The Bertz CT molecular complexity index is 1240. The molecule has 0 bridgehead atoms. The van der Waals surface area contributed by atoms with Crippen molar-refractivity contribution in [3.05, 3.63) is 70.8 Å². The standard InChI is InChI=1S/C8H4Cl2O2.C8H14O14P4/c9-7(11)5-1-2-6(4-3-5)8(10)12;9-7(23(11,12)13,24(14,15)16)5-1-2-6(4-3-5)8(10,25(17,18)19)26(20,21)22/h1-4H;1-4,9-10H,(H2,11,12,13)(H2,14,15,16)(H2,17,18,19)(H2,20,21,22). The molecule has 2 rings (SSSR count). The van der Waals surface area contributed by atoms with E-state index in [1.165, 1.54) is 24.3 Å². The fraction of sp³-hybridized carbons (Fsp3) is 0.125. The van der Waals surface area contributed by atoms with Crippen LogP contribution in [0.4, 0.5) is 0 Å². The van der Waals surface area contributed by atoms with E-state index in [0.29, 0.717) is 35.4 Å². The highest BCUT2D eigenvalue weighted by atomic mass is 35.5. The van der Waals surface area contributed by atoms with Gasteiger partial charge in [-0.2, -0.15) is 0 Å². The molecule has 0 aromatic heterocycles. The third-order valence-electron chi connectivity index (χ3n) is 4.62. The second kappa shape index (κ2) is 11.8. The Balaban J connectivity index is 0.000000499. The van der Waals surface area contributed by atoms with Gasteiger partial charge in [0.2, 0.25) is 0 Å². The van der Waals surface area contributed by atoms with E-state index in [4.69, 9.17) is 62.3 Å². The van der Waals surface area contributed by atoms with Gasteiger partial charge in [-0.05, 0) is 47.5 Å². The normalized spacial score (nSPS) is 13.4. The zero-order valence-corrected chi connectivity index (χ0v) is 23.2. The molecule has 0 aliphatic rings. The average Bonchev–Trinajstić information content (AvgIpc) is 2.75. The van der Waals surface area contributed by atoms with Gasteiger partial charge < -0.3 is 49.4 Å². The summed E-state index contributed by atoms with van der Waals surface area (Å²) in [5, 5.41) is 10.6. The summed E-state index contributed by atoms with van der Waals surface area (Å²) in [6.07, 6.45) is 0. The van der Waals surface area contributed by atoms with Gasteiger partial charge in [0.1, 0.15) is 0 Å². The van der Waals surface area contributed by atoms with Gasteiger partial charge >= 0.3 is 30.4 Å². The summed E-state index contributed by atoms with van der Waals surface area (Å²) in [4.78, 5) is 93.8. The van der Waals surface area contributed by atoms with Crippen LogP contribution in [0.15, 0.2) is 48.5 Å².